The third-order valence-electron chi connectivity index (χ3n) is 1.74. The van der Waals surface area contributed by atoms with Gasteiger partial charge in [0.05, 0.1) is 4.92 Å². The van der Waals surface area contributed by atoms with Crippen LogP contribution in [-0.2, 0) is 9.05 Å². The number of alkyl halides is 2. The van der Waals surface area contributed by atoms with Crippen molar-refractivity contribution in [3.05, 3.63) is 27.6 Å². The van der Waals surface area contributed by atoms with Gasteiger partial charge < -0.3 is 0 Å². The molecule has 0 amide bonds. The van der Waals surface area contributed by atoms with E-state index in [0.29, 0.717) is 0 Å². The van der Waals surface area contributed by atoms with Crippen LogP contribution in [0.15, 0.2) is 11.0 Å². The molecule has 1 rings (SSSR count). The van der Waals surface area contributed by atoms with Crippen LogP contribution in [0.1, 0.15) is 17.8 Å². The van der Waals surface area contributed by atoms with E-state index < -0.39 is 42.4 Å². The molecule has 1 aromatic heterocycles. The minimum absolute atomic E-state index is 0.265. The summed E-state index contributed by atoms with van der Waals surface area (Å²) in [5.41, 5.74) is -3.34. The molecule has 0 saturated carbocycles. The molecule has 7 nitrogen and oxygen atoms in total. The van der Waals surface area contributed by atoms with E-state index in [1.165, 1.54) is 6.07 Å². The summed E-state index contributed by atoms with van der Waals surface area (Å²) in [4.78, 5) is 11.2. The van der Waals surface area contributed by atoms with Gasteiger partial charge in [-0.1, -0.05) is 0 Å². The van der Waals surface area contributed by atoms with Crippen LogP contribution < -0.4 is 0 Å². The quantitative estimate of drug-likeness (QED) is 0.477. The molecule has 0 unspecified atom stereocenters. The van der Waals surface area contributed by atoms with Crippen LogP contribution in [0.3, 0.4) is 0 Å². The lowest BCUT2D eigenvalue weighted by Crippen LogP contribution is -2.06. The number of rotatable bonds is 3. The van der Waals surface area contributed by atoms with Crippen LogP contribution in [0.25, 0.3) is 0 Å². The Kier molecular flexibility index (Phi) is 3.78. The van der Waals surface area contributed by atoms with Gasteiger partial charge >= 0.3 is 0 Å². The topological polar surface area (TPSA) is 114 Å². The molecule has 0 aliphatic carbocycles. The second-order valence-electron chi connectivity index (χ2n) is 2.85. The average molecular weight is 298 g/mol. The number of pyridine rings is 1. The monoisotopic (exact) mass is 297 g/mol. The summed E-state index contributed by atoms with van der Waals surface area (Å²) in [6.45, 7) is 0. The molecular formula is C7H2ClF2N3O4S. The number of nitriles is 1. The molecule has 11 heteroatoms. The Hall–Kier alpha value is -1.86. The fourth-order valence-electron chi connectivity index (χ4n) is 1.10. The second-order valence-corrected chi connectivity index (χ2v) is 5.35. The lowest BCUT2D eigenvalue weighted by molar-refractivity contribution is -0.388. The van der Waals surface area contributed by atoms with E-state index in [1.54, 1.807) is 0 Å². The third-order valence-corrected chi connectivity index (χ3v) is 3.10. The molecule has 0 spiro atoms. The van der Waals surface area contributed by atoms with Gasteiger partial charge in [0.2, 0.25) is 0 Å². The van der Waals surface area contributed by atoms with Crippen LogP contribution >= 0.6 is 10.7 Å². The van der Waals surface area contributed by atoms with Gasteiger partial charge in [0.15, 0.2) is 10.6 Å². The Morgan fingerprint density at radius 1 is 1.56 bits per heavy atom. The zero-order valence-electron chi connectivity index (χ0n) is 8.17. The third kappa shape index (κ3) is 2.69. The number of nitrogens with zero attached hydrogens (tertiary/aromatic N) is 3. The highest BCUT2D eigenvalue weighted by Crippen LogP contribution is 2.32. The number of aromatic nitrogens is 1. The Labute approximate surface area is 103 Å². The van der Waals surface area contributed by atoms with Crippen molar-refractivity contribution >= 4 is 25.4 Å². The lowest BCUT2D eigenvalue weighted by atomic mass is 10.2. The van der Waals surface area contributed by atoms with Crippen LogP contribution in [-0.4, -0.2) is 18.3 Å². The molecular weight excluding hydrogens is 296 g/mol. The molecule has 0 aliphatic heterocycles. The maximum absolute atomic E-state index is 12.4. The molecule has 1 aromatic rings. The highest BCUT2D eigenvalue weighted by Gasteiger charge is 2.32. The maximum Gasteiger partial charge on any atom is 0.294 e. The van der Waals surface area contributed by atoms with Crippen molar-refractivity contribution in [3.8, 4) is 6.07 Å². The van der Waals surface area contributed by atoms with E-state index in [2.05, 4.69) is 4.98 Å². The largest absolute Gasteiger partial charge is 0.294 e. The first-order valence-corrected chi connectivity index (χ1v) is 6.31. The van der Waals surface area contributed by atoms with Crippen molar-refractivity contribution in [1.82, 2.24) is 4.98 Å². The van der Waals surface area contributed by atoms with Crippen LogP contribution in [0.5, 0.6) is 0 Å². The van der Waals surface area contributed by atoms with Crippen molar-refractivity contribution in [2.24, 2.45) is 0 Å². The Morgan fingerprint density at radius 3 is 2.44 bits per heavy atom. The molecule has 0 saturated heterocycles. The highest BCUT2D eigenvalue weighted by molar-refractivity contribution is 8.13. The summed E-state index contributed by atoms with van der Waals surface area (Å²) in [7, 11) is 0.250. The molecule has 96 valence electrons. The fraction of sp³-hybridized carbons (Fsp3) is 0.143. The Morgan fingerprint density at radius 2 is 2.11 bits per heavy atom. The maximum atomic E-state index is 12.4. The lowest BCUT2D eigenvalue weighted by Gasteiger charge is -2.04. The molecule has 0 fully saturated rings. The summed E-state index contributed by atoms with van der Waals surface area (Å²) in [6, 6.07) is 1.44. The normalized spacial score (nSPS) is 11.3. The van der Waals surface area contributed by atoms with Crippen LogP contribution in [0, 0.1) is 21.4 Å². The predicted octanol–water partition coefficient (Wildman–Crippen LogP) is 1.73. The van der Waals surface area contributed by atoms with E-state index in [0.717, 1.165) is 0 Å². The van der Waals surface area contributed by atoms with Crippen molar-refractivity contribution in [2.75, 3.05) is 0 Å². The molecule has 0 radical (unpaired) electrons. The van der Waals surface area contributed by atoms with Gasteiger partial charge in [-0.15, -0.1) is 0 Å². The first-order chi connectivity index (χ1) is 8.18. The van der Waals surface area contributed by atoms with Crippen LogP contribution in [0.4, 0.5) is 14.5 Å². The van der Waals surface area contributed by atoms with Gasteiger partial charge in [-0.05, 0) is 0 Å². The molecule has 1 heterocycles. The zero-order chi connectivity index (χ0) is 14.1. The van der Waals surface area contributed by atoms with Gasteiger partial charge in [-0.3, -0.25) is 10.1 Å². The summed E-state index contributed by atoms with van der Waals surface area (Å²) in [5.74, 6) is 0. The van der Waals surface area contributed by atoms with Crippen molar-refractivity contribution in [2.45, 2.75) is 11.3 Å². The van der Waals surface area contributed by atoms with E-state index >= 15 is 0 Å². The summed E-state index contributed by atoms with van der Waals surface area (Å²) >= 11 is 0. The van der Waals surface area contributed by atoms with Crippen molar-refractivity contribution in [1.29, 1.82) is 5.26 Å². The average Bonchev–Trinajstić information content (AvgIpc) is 2.25. The number of halogens is 3. The number of nitro groups is 1. The smallest absolute Gasteiger partial charge is 0.258 e. The molecule has 18 heavy (non-hydrogen) atoms. The van der Waals surface area contributed by atoms with E-state index in [-0.39, 0.29) is 6.07 Å². The van der Waals surface area contributed by atoms with Gasteiger partial charge in [0.1, 0.15) is 11.8 Å². The molecule has 0 atom stereocenters. The van der Waals surface area contributed by atoms with Crippen LogP contribution in [0.2, 0.25) is 0 Å². The first-order valence-electron chi connectivity index (χ1n) is 4.00. The molecule has 0 aromatic carbocycles. The van der Waals surface area contributed by atoms with E-state index in [1.807, 2.05) is 0 Å². The summed E-state index contributed by atoms with van der Waals surface area (Å²) < 4.78 is 47.0. The molecule has 0 N–H and O–H groups in total. The van der Waals surface area contributed by atoms with E-state index in [4.69, 9.17) is 15.9 Å². The summed E-state index contributed by atoms with van der Waals surface area (Å²) in [5, 5.41) is 19.2. The van der Waals surface area contributed by atoms with Crippen molar-refractivity contribution < 1.29 is 22.1 Å². The predicted molar refractivity (Wildman–Crippen MR) is 53.6 cm³/mol. The minimum Gasteiger partial charge on any atom is -0.258 e. The minimum atomic E-state index is -4.66. The van der Waals surface area contributed by atoms with Gasteiger partial charge in [-0.2, -0.15) is 5.26 Å². The fourth-order valence-corrected chi connectivity index (χ4v) is 2.26. The SMILES string of the molecule is N#Cc1nc(C(F)F)cc([N+](=O)[O-])c1S(=O)(=O)Cl. The Balaban J connectivity index is 3.81. The number of hydrogen-bond donors (Lipinski definition) is 0. The standard InChI is InChI=1S/C7H2ClF2N3O4S/c8-18(16,17)6-4(2-11)12-3(7(9)10)1-5(6)13(14)15/h1,7H. The summed E-state index contributed by atoms with van der Waals surface area (Å²) in [6.07, 6.45) is -3.19. The molecule has 0 bridgehead atoms. The van der Waals surface area contributed by atoms with Gasteiger partial charge in [0.25, 0.3) is 21.2 Å². The van der Waals surface area contributed by atoms with Crippen molar-refractivity contribution in [3.63, 3.8) is 0 Å². The van der Waals surface area contributed by atoms with E-state index in [9.17, 15) is 27.3 Å². The number of hydrogen-bond acceptors (Lipinski definition) is 6. The first kappa shape index (κ1) is 14.2. The highest BCUT2D eigenvalue weighted by atomic mass is 35.7. The van der Waals surface area contributed by atoms with Gasteiger partial charge in [-0.25, -0.2) is 22.2 Å². The second kappa shape index (κ2) is 4.79. The van der Waals surface area contributed by atoms with Gasteiger partial charge in [0, 0.05) is 16.7 Å². The molecule has 0 aliphatic rings. The Bertz CT molecular complexity index is 655. The zero-order valence-corrected chi connectivity index (χ0v) is 9.74.